The molecule has 2 atom stereocenters. The molecular weight excluding hydrogens is 481 g/mol. The van der Waals surface area contributed by atoms with Gasteiger partial charge >= 0.3 is 0 Å². The van der Waals surface area contributed by atoms with Gasteiger partial charge in [-0.05, 0) is 61.7 Å². The van der Waals surface area contributed by atoms with Crippen LogP contribution in [-0.4, -0.2) is 50.0 Å². The van der Waals surface area contributed by atoms with E-state index in [1.165, 1.54) is 53.4 Å². The van der Waals surface area contributed by atoms with Gasteiger partial charge in [0.05, 0.1) is 11.9 Å². The van der Waals surface area contributed by atoms with Crippen LogP contribution >= 0.6 is 11.6 Å². The molecule has 0 saturated heterocycles. The molecule has 0 spiro atoms. The lowest BCUT2D eigenvalue weighted by atomic mass is 10.1. The molecular formula is C24H31ClFN3O4S. The summed E-state index contributed by atoms with van der Waals surface area (Å²) >= 11 is 5.92. The minimum atomic E-state index is -3.82. The molecule has 0 aliphatic heterocycles. The minimum Gasteiger partial charge on any atom is -0.352 e. The molecule has 10 heteroatoms. The molecule has 0 fully saturated rings. The second kappa shape index (κ2) is 12.2. The summed E-state index contributed by atoms with van der Waals surface area (Å²) in [6.07, 6.45) is 2.04. The zero-order valence-corrected chi connectivity index (χ0v) is 21.4. The van der Waals surface area contributed by atoms with Gasteiger partial charge in [-0.2, -0.15) is 0 Å². The van der Waals surface area contributed by atoms with Crippen LogP contribution in [-0.2, 0) is 26.2 Å². The maximum atomic E-state index is 13.5. The molecule has 0 bridgehead atoms. The average Bonchev–Trinajstić information content (AvgIpc) is 2.78. The van der Waals surface area contributed by atoms with Gasteiger partial charge in [-0.1, -0.05) is 37.6 Å². The second-order valence-electron chi connectivity index (χ2n) is 8.14. The van der Waals surface area contributed by atoms with E-state index in [4.69, 9.17) is 11.6 Å². The van der Waals surface area contributed by atoms with E-state index < -0.39 is 34.3 Å². The predicted octanol–water partition coefficient (Wildman–Crippen LogP) is 3.97. The van der Waals surface area contributed by atoms with Crippen molar-refractivity contribution in [3.05, 3.63) is 64.9 Å². The molecule has 2 aromatic rings. The fourth-order valence-corrected chi connectivity index (χ4v) is 4.34. The molecule has 2 rings (SSSR count). The van der Waals surface area contributed by atoms with Gasteiger partial charge < -0.3 is 10.2 Å². The number of carbonyl (C=O) groups excluding carboxylic acids is 2. The van der Waals surface area contributed by atoms with Crippen molar-refractivity contribution in [3.63, 3.8) is 0 Å². The van der Waals surface area contributed by atoms with Crippen molar-refractivity contribution >= 4 is 39.1 Å². The van der Waals surface area contributed by atoms with E-state index in [1.54, 1.807) is 6.92 Å². The van der Waals surface area contributed by atoms with E-state index in [0.717, 1.165) is 10.6 Å². The summed E-state index contributed by atoms with van der Waals surface area (Å²) in [5.41, 5.74) is 0.890. The molecule has 2 unspecified atom stereocenters. The third-order valence-corrected chi connectivity index (χ3v) is 6.84. The highest BCUT2D eigenvalue weighted by atomic mass is 35.5. The van der Waals surface area contributed by atoms with Crippen molar-refractivity contribution in [3.8, 4) is 0 Å². The molecule has 0 heterocycles. The molecule has 7 nitrogen and oxygen atoms in total. The SMILES string of the molecule is CCC(C)NC(=O)C(CC)N(Cc1ccc(F)cc1)C(=O)CN(c1ccc(Cl)cc1)S(C)(=O)=O. The highest BCUT2D eigenvalue weighted by Gasteiger charge is 2.32. The number of nitrogens with zero attached hydrogens (tertiary/aromatic N) is 2. The first-order valence-electron chi connectivity index (χ1n) is 11.0. The zero-order valence-electron chi connectivity index (χ0n) is 19.8. The molecule has 0 aromatic heterocycles. The van der Waals surface area contributed by atoms with Gasteiger partial charge in [0.1, 0.15) is 18.4 Å². The fraction of sp³-hybridized carbons (Fsp3) is 0.417. The van der Waals surface area contributed by atoms with Crippen molar-refractivity contribution in [2.75, 3.05) is 17.1 Å². The minimum absolute atomic E-state index is 0.0176. The number of nitrogens with one attached hydrogen (secondary N) is 1. The maximum Gasteiger partial charge on any atom is 0.244 e. The Hall–Kier alpha value is -2.65. The predicted molar refractivity (Wildman–Crippen MR) is 133 cm³/mol. The summed E-state index contributed by atoms with van der Waals surface area (Å²) in [7, 11) is -3.82. The van der Waals surface area contributed by atoms with E-state index >= 15 is 0 Å². The van der Waals surface area contributed by atoms with Gasteiger partial charge in [-0.3, -0.25) is 13.9 Å². The lowest BCUT2D eigenvalue weighted by Gasteiger charge is -2.33. The Morgan fingerprint density at radius 1 is 1.03 bits per heavy atom. The van der Waals surface area contributed by atoms with E-state index in [-0.39, 0.29) is 24.2 Å². The second-order valence-corrected chi connectivity index (χ2v) is 10.5. The number of hydrogen-bond donors (Lipinski definition) is 1. The highest BCUT2D eigenvalue weighted by molar-refractivity contribution is 7.92. The highest BCUT2D eigenvalue weighted by Crippen LogP contribution is 2.22. The van der Waals surface area contributed by atoms with E-state index in [2.05, 4.69) is 5.32 Å². The van der Waals surface area contributed by atoms with Crippen molar-refractivity contribution in [1.29, 1.82) is 0 Å². The average molecular weight is 512 g/mol. The summed E-state index contributed by atoms with van der Waals surface area (Å²) in [6.45, 7) is 5.09. The number of amides is 2. The standard InChI is InChI=1S/C24H31ClFN3O4S/c1-5-17(3)27-24(31)22(6-2)28(15-18-7-11-20(26)12-8-18)23(30)16-29(34(4,32)33)21-13-9-19(25)10-14-21/h7-14,17,22H,5-6,15-16H2,1-4H3,(H,27,31). The monoisotopic (exact) mass is 511 g/mol. The smallest absolute Gasteiger partial charge is 0.244 e. The molecule has 0 aliphatic carbocycles. The fourth-order valence-electron chi connectivity index (χ4n) is 3.37. The molecule has 34 heavy (non-hydrogen) atoms. The molecule has 2 aromatic carbocycles. The van der Waals surface area contributed by atoms with Crippen molar-refractivity contribution < 1.29 is 22.4 Å². The molecule has 0 saturated carbocycles. The van der Waals surface area contributed by atoms with Crippen LogP contribution in [0, 0.1) is 5.82 Å². The molecule has 186 valence electrons. The van der Waals surface area contributed by atoms with Crippen LogP contribution < -0.4 is 9.62 Å². The summed E-state index contributed by atoms with van der Waals surface area (Å²) in [4.78, 5) is 27.9. The van der Waals surface area contributed by atoms with Gasteiger partial charge in [0.25, 0.3) is 0 Å². The van der Waals surface area contributed by atoms with Crippen LogP contribution in [0.15, 0.2) is 48.5 Å². The summed E-state index contributed by atoms with van der Waals surface area (Å²) in [6, 6.07) is 10.8. The lowest BCUT2D eigenvalue weighted by Crippen LogP contribution is -2.53. The first-order chi connectivity index (χ1) is 16.0. The van der Waals surface area contributed by atoms with Crippen LogP contribution in [0.25, 0.3) is 0 Å². The number of anilines is 1. The Balaban J connectivity index is 2.41. The summed E-state index contributed by atoms with van der Waals surface area (Å²) < 4.78 is 39.4. The van der Waals surface area contributed by atoms with Crippen molar-refractivity contribution in [2.45, 2.75) is 52.2 Å². The van der Waals surface area contributed by atoms with Crippen LogP contribution in [0.3, 0.4) is 0 Å². The number of carbonyl (C=O) groups is 2. The largest absolute Gasteiger partial charge is 0.352 e. The van der Waals surface area contributed by atoms with Crippen molar-refractivity contribution in [2.24, 2.45) is 0 Å². The van der Waals surface area contributed by atoms with Gasteiger partial charge in [-0.25, -0.2) is 12.8 Å². The number of benzene rings is 2. The normalized spacial score (nSPS) is 13.1. The maximum absolute atomic E-state index is 13.5. The number of halogens is 2. The van der Waals surface area contributed by atoms with Gasteiger partial charge in [-0.15, -0.1) is 0 Å². The molecule has 1 N–H and O–H groups in total. The third-order valence-electron chi connectivity index (χ3n) is 5.45. The van der Waals surface area contributed by atoms with Crippen LogP contribution in [0.1, 0.15) is 39.2 Å². The van der Waals surface area contributed by atoms with Crippen molar-refractivity contribution in [1.82, 2.24) is 10.2 Å². The quantitative estimate of drug-likeness (QED) is 0.494. The molecule has 0 radical (unpaired) electrons. The Morgan fingerprint density at radius 2 is 1.62 bits per heavy atom. The third kappa shape index (κ3) is 7.70. The summed E-state index contributed by atoms with van der Waals surface area (Å²) in [5.74, 6) is -1.31. The lowest BCUT2D eigenvalue weighted by molar-refractivity contribution is -0.140. The molecule has 2 amide bonds. The van der Waals surface area contributed by atoms with E-state index in [1.807, 2.05) is 13.8 Å². The van der Waals surface area contributed by atoms with Crippen LogP contribution in [0.2, 0.25) is 5.02 Å². The number of sulfonamides is 1. The zero-order chi connectivity index (χ0) is 25.5. The Bertz CT molecular complexity index is 1080. The first-order valence-corrected chi connectivity index (χ1v) is 13.3. The Kier molecular flexibility index (Phi) is 9.88. The van der Waals surface area contributed by atoms with Crippen LogP contribution in [0.4, 0.5) is 10.1 Å². The topological polar surface area (TPSA) is 86.8 Å². The van der Waals surface area contributed by atoms with Crippen LogP contribution in [0.5, 0.6) is 0 Å². The first kappa shape index (κ1) is 27.6. The van der Waals surface area contributed by atoms with E-state index in [9.17, 15) is 22.4 Å². The van der Waals surface area contributed by atoms with Gasteiger partial charge in [0.15, 0.2) is 0 Å². The number of hydrogen-bond acceptors (Lipinski definition) is 4. The summed E-state index contributed by atoms with van der Waals surface area (Å²) in [5, 5.41) is 3.32. The van der Waals surface area contributed by atoms with E-state index in [0.29, 0.717) is 23.4 Å². The van der Waals surface area contributed by atoms with Gasteiger partial charge in [0.2, 0.25) is 21.8 Å². The number of rotatable bonds is 11. The Labute approximate surface area is 205 Å². The Morgan fingerprint density at radius 3 is 2.12 bits per heavy atom. The molecule has 0 aliphatic rings. The van der Waals surface area contributed by atoms with Gasteiger partial charge in [0, 0.05) is 17.6 Å².